The number of alkyl halides is 2. The molecular formula is C23H29F2N7O3. The van der Waals surface area contributed by atoms with Gasteiger partial charge in [-0.25, -0.2) is 23.4 Å². The fraction of sp³-hybridized carbons (Fsp3) is 0.348. The van der Waals surface area contributed by atoms with Gasteiger partial charge in [0.2, 0.25) is 5.91 Å². The zero-order valence-corrected chi connectivity index (χ0v) is 19.3. The number of halogens is 2. The molecule has 2 heterocycles. The Morgan fingerprint density at radius 1 is 1.34 bits per heavy atom. The number of carboxylic acid groups (broad SMARTS) is 1. The van der Waals surface area contributed by atoms with Crippen LogP contribution in [0.3, 0.4) is 0 Å². The van der Waals surface area contributed by atoms with Crippen LogP contribution in [-0.2, 0) is 22.7 Å². The summed E-state index contributed by atoms with van der Waals surface area (Å²) in [4.78, 5) is 29.0. The van der Waals surface area contributed by atoms with Gasteiger partial charge in [-0.05, 0) is 36.2 Å². The molecule has 1 aromatic carbocycles. The normalized spacial score (nSPS) is 15.4. The van der Waals surface area contributed by atoms with Gasteiger partial charge in [-0.15, -0.1) is 0 Å². The van der Waals surface area contributed by atoms with Crippen LogP contribution in [-0.4, -0.2) is 56.7 Å². The second-order valence-electron chi connectivity index (χ2n) is 8.01. The van der Waals surface area contributed by atoms with Crippen LogP contribution < -0.4 is 16.0 Å². The lowest BCUT2D eigenvalue weighted by molar-refractivity contribution is -0.123. The van der Waals surface area contributed by atoms with Gasteiger partial charge >= 0.3 is 0 Å². The number of benzene rings is 1. The standard InChI is InChI=1S/C22H25F2N7O.CH2O2.H2/c1-14-3-4-15(9-28-20(32)11-31-13-26-12-29-31)7-17(14)18-5-6-19(21(25-2)30-18)27-10-16-8-22(16,23)24;2-1-3;/h3-7,12-13,16,27H,8-11H2,1-2H3,(H,25,30)(H,28,32);1H,(H,2,3);1H. The first-order chi connectivity index (χ1) is 16.8. The number of aryl methyl sites for hydroxylation is 1. The first-order valence-corrected chi connectivity index (χ1v) is 10.8. The van der Waals surface area contributed by atoms with Crippen molar-refractivity contribution in [2.45, 2.75) is 32.4 Å². The molecule has 12 heteroatoms. The van der Waals surface area contributed by atoms with Crippen LogP contribution in [0.25, 0.3) is 11.3 Å². The second kappa shape index (κ2) is 11.4. The molecule has 4 N–H and O–H groups in total. The Labute approximate surface area is 202 Å². The average molecular weight is 490 g/mol. The maximum Gasteiger partial charge on any atom is 0.290 e. The van der Waals surface area contributed by atoms with E-state index in [1.807, 2.05) is 37.3 Å². The van der Waals surface area contributed by atoms with Crippen molar-refractivity contribution in [1.82, 2.24) is 25.1 Å². The Kier molecular flexibility index (Phi) is 8.29. The zero-order chi connectivity index (χ0) is 25.4. The van der Waals surface area contributed by atoms with Crippen LogP contribution in [0.2, 0.25) is 0 Å². The lowest BCUT2D eigenvalue weighted by atomic mass is 10.0. The topological polar surface area (TPSA) is 134 Å². The second-order valence-corrected chi connectivity index (χ2v) is 8.01. The Hall–Kier alpha value is -4.09. The summed E-state index contributed by atoms with van der Waals surface area (Å²) in [6.07, 6.45) is 2.80. The van der Waals surface area contributed by atoms with E-state index in [4.69, 9.17) is 9.90 Å². The Balaban J connectivity index is 0.00000109. The largest absolute Gasteiger partial charge is 0.483 e. The lowest BCUT2D eigenvalue weighted by Gasteiger charge is -2.14. The highest BCUT2D eigenvalue weighted by Crippen LogP contribution is 2.48. The number of amides is 1. The third-order valence-electron chi connectivity index (χ3n) is 5.47. The summed E-state index contributed by atoms with van der Waals surface area (Å²) in [7, 11) is 1.75. The SMILES string of the molecule is CNc1nc(-c2cc(CNC(=O)Cn3cncn3)ccc2C)ccc1NCC1CC1(F)F.O=CO.[HH]. The van der Waals surface area contributed by atoms with Crippen molar-refractivity contribution in [3.63, 3.8) is 0 Å². The number of carbonyl (C=O) groups is 2. The highest BCUT2D eigenvalue weighted by atomic mass is 19.3. The van der Waals surface area contributed by atoms with Crippen molar-refractivity contribution >= 4 is 23.9 Å². The first-order valence-electron chi connectivity index (χ1n) is 10.8. The monoisotopic (exact) mass is 489 g/mol. The molecule has 1 amide bonds. The minimum Gasteiger partial charge on any atom is -0.483 e. The summed E-state index contributed by atoms with van der Waals surface area (Å²) < 4.78 is 27.8. The van der Waals surface area contributed by atoms with Gasteiger partial charge in [-0.2, -0.15) is 5.10 Å². The molecule has 35 heavy (non-hydrogen) atoms. The van der Waals surface area contributed by atoms with E-state index in [0.29, 0.717) is 18.1 Å². The van der Waals surface area contributed by atoms with Crippen LogP contribution in [0.5, 0.6) is 0 Å². The fourth-order valence-electron chi connectivity index (χ4n) is 3.44. The maximum absolute atomic E-state index is 13.2. The number of nitrogens with zero attached hydrogens (tertiary/aromatic N) is 4. The van der Waals surface area contributed by atoms with Gasteiger partial charge in [0, 0.05) is 39.5 Å². The number of pyridine rings is 1. The molecule has 10 nitrogen and oxygen atoms in total. The molecule has 1 aliphatic rings. The van der Waals surface area contributed by atoms with Crippen molar-refractivity contribution in [3.05, 3.63) is 54.1 Å². The molecule has 1 atom stereocenters. The van der Waals surface area contributed by atoms with Crippen molar-refractivity contribution < 1.29 is 24.9 Å². The first kappa shape index (κ1) is 25.5. The minimum atomic E-state index is -2.55. The summed E-state index contributed by atoms with van der Waals surface area (Å²) in [6.45, 7) is 2.43. The molecule has 0 bridgehead atoms. The van der Waals surface area contributed by atoms with Crippen molar-refractivity contribution in [1.29, 1.82) is 0 Å². The number of carbonyl (C=O) groups excluding carboxylic acids is 1. The van der Waals surface area contributed by atoms with E-state index in [9.17, 15) is 13.6 Å². The molecule has 4 rings (SSSR count). The van der Waals surface area contributed by atoms with Gasteiger partial charge in [-0.1, -0.05) is 12.1 Å². The third-order valence-corrected chi connectivity index (χ3v) is 5.47. The van der Waals surface area contributed by atoms with Crippen LogP contribution in [0.1, 0.15) is 19.0 Å². The molecule has 0 aliphatic heterocycles. The van der Waals surface area contributed by atoms with E-state index in [-0.39, 0.29) is 33.3 Å². The van der Waals surface area contributed by atoms with Gasteiger partial charge in [0.25, 0.3) is 12.4 Å². The molecule has 1 unspecified atom stereocenters. The van der Waals surface area contributed by atoms with E-state index in [0.717, 1.165) is 22.4 Å². The molecule has 1 fully saturated rings. The Morgan fingerprint density at radius 2 is 2.09 bits per heavy atom. The highest BCUT2D eigenvalue weighted by molar-refractivity contribution is 5.76. The quantitative estimate of drug-likeness (QED) is 0.337. The van der Waals surface area contributed by atoms with Gasteiger partial charge in [-0.3, -0.25) is 9.59 Å². The average Bonchev–Trinajstić information content (AvgIpc) is 3.18. The Morgan fingerprint density at radius 3 is 2.71 bits per heavy atom. The van der Waals surface area contributed by atoms with Crippen molar-refractivity contribution in [2.24, 2.45) is 5.92 Å². The lowest BCUT2D eigenvalue weighted by Crippen LogP contribution is -2.27. The van der Waals surface area contributed by atoms with Crippen LogP contribution >= 0.6 is 0 Å². The Bertz CT molecular complexity index is 1160. The number of aromatic nitrogens is 4. The minimum absolute atomic E-state index is 0. The van der Waals surface area contributed by atoms with Crippen LogP contribution in [0.4, 0.5) is 20.3 Å². The zero-order valence-electron chi connectivity index (χ0n) is 19.3. The van der Waals surface area contributed by atoms with E-state index >= 15 is 0 Å². The molecule has 0 saturated heterocycles. The molecular weight excluding hydrogens is 460 g/mol. The maximum atomic E-state index is 13.2. The number of rotatable bonds is 9. The molecule has 0 radical (unpaired) electrons. The number of hydrogen-bond acceptors (Lipinski definition) is 7. The van der Waals surface area contributed by atoms with E-state index in [1.165, 1.54) is 17.3 Å². The molecule has 1 aliphatic carbocycles. The molecule has 0 spiro atoms. The molecule has 2 aromatic heterocycles. The smallest absolute Gasteiger partial charge is 0.290 e. The number of anilines is 2. The number of nitrogens with one attached hydrogen (secondary N) is 3. The summed E-state index contributed by atoms with van der Waals surface area (Å²) in [6, 6.07) is 9.64. The number of hydrogen-bond donors (Lipinski definition) is 4. The van der Waals surface area contributed by atoms with E-state index in [1.54, 1.807) is 7.05 Å². The molecule has 188 valence electrons. The van der Waals surface area contributed by atoms with Crippen LogP contribution in [0, 0.1) is 12.8 Å². The fourth-order valence-corrected chi connectivity index (χ4v) is 3.44. The van der Waals surface area contributed by atoms with Crippen LogP contribution in [0.15, 0.2) is 43.0 Å². The third kappa shape index (κ3) is 6.95. The highest BCUT2D eigenvalue weighted by Gasteiger charge is 2.56. The summed E-state index contributed by atoms with van der Waals surface area (Å²) in [5.41, 5.74) is 4.35. The van der Waals surface area contributed by atoms with Gasteiger partial charge in [0.15, 0.2) is 0 Å². The van der Waals surface area contributed by atoms with Crippen molar-refractivity contribution in [2.75, 3.05) is 24.2 Å². The molecule has 1 saturated carbocycles. The van der Waals surface area contributed by atoms with E-state index < -0.39 is 11.8 Å². The predicted octanol–water partition coefficient (Wildman–Crippen LogP) is 3.02. The summed E-state index contributed by atoms with van der Waals surface area (Å²) in [5, 5.41) is 19.8. The summed E-state index contributed by atoms with van der Waals surface area (Å²) in [5.74, 6) is -2.74. The predicted molar refractivity (Wildman–Crippen MR) is 128 cm³/mol. The molecule has 3 aromatic rings. The van der Waals surface area contributed by atoms with E-state index in [2.05, 4.69) is 31.0 Å². The van der Waals surface area contributed by atoms with Gasteiger partial charge in [0.05, 0.1) is 11.4 Å². The summed E-state index contributed by atoms with van der Waals surface area (Å²) >= 11 is 0. The van der Waals surface area contributed by atoms with Crippen molar-refractivity contribution in [3.8, 4) is 11.3 Å². The van der Waals surface area contributed by atoms with Gasteiger partial charge < -0.3 is 21.1 Å². The van der Waals surface area contributed by atoms with Gasteiger partial charge in [0.1, 0.15) is 25.0 Å².